The minimum Gasteiger partial charge on any atom is -0.481 e. The Bertz CT molecular complexity index is 1220. The number of aldehydes is 1. The van der Waals surface area contributed by atoms with Crippen LogP contribution in [0.3, 0.4) is 0 Å². The molecule has 1 saturated heterocycles. The lowest BCUT2D eigenvalue weighted by Crippen LogP contribution is -2.58. The Morgan fingerprint density at radius 2 is 1.66 bits per heavy atom. The summed E-state index contributed by atoms with van der Waals surface area (Å²) in [7, 11) is 0. The van der Waals surface area contributed by atoms with Gasteiger partial charge in [-0.3, -0.25) is 34.2 Å². The van der Waals surface area contributed by atoms with Gasteiger partial charge < -0.3 is 30.6 Å². The number of amides is 5. The number of carbonyl (C=O) groups is 7. The van der Waals surface area contributed by atoms with E-state index in [1.807, 2.05) is 44.2 Å². The molecular weight excluding hydrogens is 610 g/mol. The number of nitrogens with one attached hydrogen (secondary N) is 4. The topological polar surface area (TPSA) is 200 Å². The third-order valence-corrected chi connectivity index (χ3v) is 7.91. The van der Waals surface area contributed by atoms with E-state index in [1.165, 1.54) is 0 Å². The average Bonchev–Trinajstić information content (AvgIpc) is 3.50. The number of hydrogen-bond donors (Lipinski definition) is 5. The van der Waals surface area contributed by atoms with E-state index in [9.17, 15) is 33.6 Å². The van der Waals surface area contributed by atoms with Crippen molar-refractivity contribution in [3.63, 3.8) is 0 Å². The third-order valence-electron chi connectivity index (χ3n) is 7.91. The summed E-state index contributed by atoms with van der Waals surface area (Å²) in [6.45, 7) is 8.07. The summed E-state index contributed by atoms with van der Waals surface area (Å²) in [6.07, 6.45) is 1.59. The zero-order chi connectivity index (χ0) is 34.9. The number of unbranched alkanes of at least 4 members (excludes halogenated alkanes) is 1. The molecule has 0 aromatic heterocycles. The molecule has 1 fully saturated rings. The van der Waals surface area contributed by atoms with E-state index in [0.29, 0.717) is 32.2 Å². The molecule has 1 aromatic rings. The van der Waals surface area contributed by atoms with Gasteiger partial charge in [0, 0.05) is 13.0 Å². The average molecular weight is 660 g/mol. The number of imide groups is 1. The molecule has 1 aliphatic heterocycles. The second-order valence-corrected chi connectivity index (χ2v) is 12.3. The minimum atomic E-state index is -1.17. The number of benzene rings is 1. The van der Waals surface area contributed by atoms with Gasteiger partial charge in [-0.25, -0.2) is 4.79 Å². The Balaban J connectivity index is 1.98. The van der Waals surface area contributed by atoms with Crippen molar-refractivity contribution in [1.29, 1.82) is 0 Å². The number of aliphatic carboxylic acids is 1. The van der Waals surface area contributed by atoms with Gasteiger partial charge in [0.1, 0.15) is 25.0 Å². The summed E-state index contributed by atoms with van der Waals surface area (Å²) in [5, 5.41) is 19.2. The number of carboxylic acid groups (broad SMARTS) is 1. The van der Waals surface area contributed by atoms with E-state index in [0.717, 1.165) is 11.8 Å². The van der Waals surface area contributed by atoms with Gasteiger partial charge in [-0.1, -0.05) is 58.0 Å². The molecule has 1 aliphatic rings. The fourth-order valence-electron chi connectivity index (χ4n) is 5.31. The zero-order valence-electron chi connectivity index (χ0n) is 27.7. The fourth-order valence-corrected chi connectivity index (χ4v) is 5.31. The Labute approximate surface area is 275 Å². The highest BCUT2D eigenvalue weighted by Gasteiger charge is 2.38. The number of nitrogens with zero attached hydrogens (tertiary/aromatic N) is 1. The largest absolute Gasteiger partial charge is 0.481 e. The maximum atomic E-state index is 13.4. The first-order valence-electron chi connectivity index (χ1n) is 16.2. The van der Waals surface area contributed by atoms with Crippen molar-refractivity contribution in [2.75, 3.05) is 13.1 Å². The number of rotatable bonds is 19. The minimum absolute atomic E-state index is 0.0220. The molecule has 0 aliphatic carbocycles. The monoisotopic (exact) mass is 659 g/mol. The molecule has 1 heterocycles. The van der Waals surface area contributed by atoms with Gasteiger partial charge in [0.25, 0.3) is 0 Å². The Morgan fingerprint density at radius 3 is 2.28 bits per heavy atom. The van der Waals surface area contributed by atoms with Gasteiger partial charge in [-0.2, -0.15) is 0 Å². The predicted molar refractivity (Wildman–Crippen MR) is 172 cm³/mol. The van der Waals surface area contributed by atoms with Gasteiger partial charge in [-0.05, 0) is 56.0 Å². The Kier molecular flexibility index (Phi) is 16.6. The molecule has 5 amide bonds. The van der Waals surface area contributed by atoms with Crippen molar-refractivity contribution in [3.8, 4) is 0 Å². The molecular formula is C33H49N5O9. The van der Waals surface area contributed by atoms with E-state index >= 15 is 0 Å². The highest BCUT2D eigenvalue weighted by Crippen LogP contribution is 2.23. The summed E-state index contributed by atoms with van der Waals surface area (Å²) in [4.78, 5) is 88.7. The molecule has 0 radical (unpaired) electrons. The Morgan fingerprint density at radius 1 is 0.957 bits per heavy atom. The van der Waals surface area contributed by atoms with E-state index in [4.69, 9.17) is 9.84 Å². The first-order valence-corrected chi connectivity index (χ1v) is 16.2. The third kappa shape index (κ3) is 13.5. The van der Waals surface area contributed by atoms with Crippen LogP contribution in [0.2, 0.25) is 0 Å². The van der Waals surface area contributed by atoms with Crippen LogP contribution in [0.4, 0.5) is 4.79 Å². The number of likely N-dealkylation sites (tertiary alicyclic amines) is 1. The zero-order valence-corrected chi connectivity index (χ0v) is 27.7. The van der Waals surface area contributed by atoms with Crippen LogP contribution in [0, 0.1) is 11.8 Å². The van der Waals surface area contributed by atoms with Crippen LogP contribution in [0.15, 0.2) is 30.3 Å². The number of hydrogen-bond acceptors (Lipinski definition) is 9. The van der Waals surface area contributed by atoms with Crippen molar-refractivity contribution in [1.82, 2.24) is 26.2 Å². The lowest BCUT2D eigenvalue weighted by atomic mass is 10.0. The van der Waals surface area contributed by atoms with Crippen LogP contribution in [0.5, 0.6) is 0 Å². The first kappa shape index (κ1) is 38.9. The van der Waals surface area contributed by atoms with E-state index in [-0.39, 0.29) is 31.9 Å². The molecule has 47 heavy (non-hydrogen) atoms. The second-order valence-electron chi connectivity index (χ2n) is 12.3. The second kappa shape index (κ2) is 20.0. The van der Waals surface area contributed by atoms with E-state index in [1.54, 1.807) is 18.7 Å². The molecule has 14 heteroatoms. The van der Waals surface area contributed by atoms with Crippen LogP contribution in [0.25, 0.3) is 0 Å². The lowest BCUT2D eigenvalue weighted by molar-refractivity contribution is -0.140. The molecule has 0 bridgehead atoms. The molecule has 2 rings (SSSR count). The summed E-state index contributed by atoms with van der Waals surface area (Å²) in [5.41, 5.74) is 0.839. The highest BCUT2D eigenvalue weighted by molar-refractivity contribution is 6.02. The van der Waals surface area contributed by atoms with Crippen molar-refractivity contribution >= 4 is 42.0 Å². The van der Waals surface area contributed by atoms with Gasteiger partial charge in [0.05, 0.1) is 18.5 Å². The molecule has 5 N–H and O–H groups in total. The first-order chi connectivity index (χ1) is 22.3. The van der Waals surface area contributed by atoms with Crippen LogP contribution in [-0.4, -0.2) is 89.2 Å². The fraction of sp³-hybridized carbons (Fsp3) is 0.606. The van der Waals surface area contributed by atoms with Gasteiger partial charge in [-0.15, -0.1) is 0 Å². The molecule has 260 valence electrons. The van der Waals surface area contributed by atoms with Gasteiger partial charge in [0.2, 0.25) is 23.6 Å². The van der Waals surface area contributed by atoms with Crippen molar-refractivity contribution in [2.45, 2.75) is 103 Å². The number of ether oxygens (including phenoxy) is 1. The molecule has 1 aromatic carbocycles. The summed E-state index contributed by atoms with van der Waals surface area (Å²) in [5.74, 6) is -4.20. The maximum Gasteiger partial charge on any atom is 0.407 e. The van der Waals surface area contributed by atoms with Crippen LogP contribution >= 0.6 is 0 Å². The lowest BCUT2D eigenvalue weighted by Gasteiger charge is -2.31. The molecule has 0 unspecified atom stereocenters. The van der Waals surface area contributed by atoms with Crippen molar-refractivity contribution < 1.29 is 43.4 Å². The number of carbonyl (C=O) groups excluding carboxylic acids is 6. The van der Waals surface area contributed by atoms with Crippen molar-refractivity contribution in [3.05, 3.63) is 35.9 Å². The Hall–Kier alpha value is -4.33. The highest BCUT2D eigenvalue weighted by atomic mass is 16.5. The van der Waals surface area contributed by atoms with Gasteiger partial charge in [0.15, 0.2) is 0 Å². The van der Waals surface area contributed by atoms with Crippen molar-refractivity contribution in [2.24, 2.45) is 11.8 Å². The summed E-state index contributed by atoms with van der Waals surface area (Å²) < 4.78 is 5.18. The van der Waals surface area contributed by atoms with Crippen LogP contribution in [-0.2, 0) is 40.1 Å². The number of carboxylic acids is 1. The SMILES string of the molecule is CC(C)[C@H](NC(=O)[C@H](CCCCNC(=O)OCc1ccccc1)NC(=O)CCC(=O)O)C(=O)NC(=O)[C@@H]1CCCN1[C@H](C=O)C(C)C. The molecule has 4 atom stereocenters. The molecule has 0 saturated carbocycles. The smallest absolute Gasteiger partial charge is 0.407 e. The van der Waals surface area contributed by atoms with E-state index in [2.05, 4.69) is 21.3 Å². The van der Waals surface area contributed by atoms with Crippen LogP contribution in [0.1, 0.15) is 78.2 Å². The van der Waals surface area contributed by atoms with E-state index < -0.39 is 72.2 Å². The normalized spacial score (nSPS) is 16.5. The molecule has 0 spiro atoms. The predicted octanol–water partition coefficient (Wildman–Crippen LogP) is 1.90. The summed E-state index contributed by atoms with van der Waals surface area (Å²) in [6, 6.07) is 5.83. The molecule has 14 nitrogen and oxygen atoms in total. The quantitative estimate of drug-likeness (QED) is 0.108. The standard InChI is InChI=1S/C33H49N5O9/c1-21(2)26(19-39)38-18-10-14-25(38)31(44)37-32(45)29(22(3)4)36-30(43)24(35-27(40)15-16-28(41)42)13-8-9-17-34-33(46)47-20-23-11-6-5-7-12-23/h5-7,11-12,19,21-22,24-26,29H,8-10,13-18,20H2,1-4H3,(H,34,46)(H,35,40)(H,36,43)(H,41,42)(H,37,44,45)/t24-,25-,26+,29-/m0/s1. The number of alkyl carbamates (subject to hydrolysis) is 1. The maximum absolute atomic E-state index is 13.4. The summed E-state index contributed by atoms with van der Waals surface area (Å²) >= 11 is 0. The van der Waals surface area contributed by atoms with Gasteiger partial charge >= 0.3 is 12.1 Å². The van der Waals surface area contributed by atoms with Crippen LogP contribution < -0.4 is 21.3 Å².